The van der Waals surface area contributed by atoms with Gasteiger partial charge in [-0.2, -0.15) is 0 Å². The van der Waals surface area contributed by atoms with E-state index >= 15 is 0 Å². The summed E-state index contributed by atoms with van der Waals surface area (Å²) in [4.78, 5) is 25.1. The predicted molar refractivity (Wildman–Crippen MR) is 78.0 cm³/mol. The van der Waals surface area contributed by atoms with Gasteiger partial charge in [0.25, 0.3) is 0 Å². The van der Waals surface area contributed by atoms with Gasteiger partial charge in [-0.15, -0.1) is 0 Å². The van der Waals surface area contributed by atoms with E-state index in [1.54, 1.807) is 4.90 Å². The Morgan fingerprint density at radius 2 is 1.62 bits per heavy atom. The number of hydrogen-bond acceptors (Lipinski definition) is 5. The number of carbonyl (C=O) groups is 2. The van der Waals surface area contributed by atoms with Gasteiger partial charge in [-0.3, -0.25) is 0 Å². The first-order valence-corrected chi connectivity index (χ1v) is 7.28. The summed E-state index contributed by atoms with van der Waals surface area (Å²) in [5.74, 6) is -0.391. The van der Waals surface area contributed by atoms with Crippen LogP contribution in [0.3, 0.4) is 0 Å². The van der Waals surface area contributed by atoms with E-state index in [9.17, 15) is 9.59 Å². The normalized spacial score (nSPS) is 19.5. The summed E-state index contributed by atoms with van der Waals surface area (Å²) < 4.78 is 16.0. The summed E-state index contributed by atoms with van der Waals surface area (Å²) in [6.07, 6.45) is 0.207. The van der Waals surface area contributed by atoms with E-state index in [-0.39, 0.29) is 18.8 Å². The highest BCUT2D eigenvalue weighted by Gasteiger charge is 2.30. The molecular formula is C15H27NO5. The van der Waals surface area contributed by atoms with Gasteiger partial charge < -0.3 is 19.1 Å². The maximum atomic E-state index is 11.9. The van der Waals surface area contributed by atoms with E-state index in [1.807, 2.05) is 41.5 Å². The first kappa shape index (κ1) is 17.8. The van der Waals surface area contributed by atoms with Crippen LogP contribution in [0.25, 0.3) is 0 Å². The molecule has 1 fully saturated rings. The zero-order valence-corrected chi connectivity index (χ0v) is 13.9. The lowest BCUT2D eigenvalue weighted by atomic mass is 10.2. The molecule has 0 radical (unpaired) electrons. The molecule has 0 N–H and O–H groups in total. The Morgan fingerprint density at radius 1 is 1.05 bits per heavy atom. The van der Waals surface area contributed by atoms with Gasteiger partial charge in [0.15, 0.2) is 0 Å². The third-order valence-corrected chi connectivity index (χ3v) is 2.65. The van der Waals surface area contributed by atoms with Gasteiger partial charge in [0, 0.05) is 6.54 Å². The fourth-order valence-electron chi connectivity index (χ4n) is 1.91. The van der Waals surface area contributed by atoms with Crippen molar-refractivity contribution in [1.82, 2.24) is 4.90 Å². The number of hydrogen-bond donors (Lipinski definition) is 0. The Bertz CT molecular complexity index is 381. The van der Waals surface area contributed by atoms with Gasteiger partial charge in [0.2, 0.25) is 0 Å². The van der Waals surface area contributed by atoms with Crippen LogP contribution in [0.1, 0.15) is 48.0 Å². The molecule has 1 saturated heterocycles. The van der Waals surface area contributed by atoms with Crippen molar-refractivity contribution in [3.8, 4) is 0 Å². The van der Waals surface area contributed by atoms with Crippen LogP contribution in [0.4, 0.5) is 4.79 Å². The molecule has 0 aromatic rings. The smallest absolute Gasteiger partial charge is 0.410 e. The fraction of sp³-hybridized carbons (Fsp3) is 0.867. The zero-order chi connectivity index (χ0) is 16.3. The summed E-state index contributed by atoms with van der Waals surface area (Å²) in [6, 6.07) is 0. The molecule has 0 spiro atoms. The van der Waals surface area contributed by atoms with Crippen molar-refractivity contribution in [3.63, 3.8) is 0 Å². The van der Waals surface area contributed by atoms with Gasteiger partial charge in [-0.05, 0) is 48.0 Å². The van der Waals surface area contributed by atoms with Crippen LogP contribution in [-0.2, 0) is 19.0 Å². The highest BCUT2D eigenvalue weighted by molar-refractivity contribution is 5.71. The van der Waals surface area contributed by atoms with Crippen molar-refractivity contribution in [3.05, 3.63) is 0 Å². The van der Waals surface area contributed by atoms with Crippen LogP contribution in [0.2, 0.25) is 0 Å². The van der Waals surface area contributed by atoms with Gasteiger partial charge in [-0.25, -0.2) is 9.59 Å². The van der Waals surface area contributed by atoms with Crippen molar-refractivity contribution in [1.29, 1.82) is 0 Å². The molecule has 0 aromatic heterocycles. The molecule has 122 valence electrons. The average Bonchev–Trinajstić information content (AvgIpc) is 2.70. The summed E-state index contributed by atoms with van der Waals surface area (Å²) in [5, 5.41) is 0. The number of rotatable bonds is 3. The van der Waals surface area contributed by atoms with Crippen molar-refractivity contribution in [2.75, 3.05) is 19.7 Å². The third-order valence-electron chi connectivity index (χ3n) is 2.65. The van der Waals surface area contributed by atoms with Crippen LogP contribution in [-0.4, -0.2) is 54.0 Å². The Balaban J connectivity index is 2.32. The minimum absolute atomic E-state index is 0.0932. The van der Waals surface area contributed by atoms with Crippen LogP contribution >= 0.6 is 0 Å². The molecule has 0 aliphatic carbocycles. The maximum absolute atomic E-state index is 11.9. The van der Waals surface area contributed by atoms with E-state index in [0.717, 1.165) is 0 Å². The molecule has 6 heteroatoms. The number of amides is 1. The summed E-state index contributed by atoms with van der Waals surface area (Å²) >= 11 is 0. The molecule has 1 heterocycles. The minimum Gasteiger partial charge on any atom is -0.458 e. The topological polar surface area (TPSA) is 65.1 Å². The number of carbonyl (C=O) groups excluding carboxylic acids is 2. The highest BCUT2D eigenvalue weighted by atomic mass is 16.6. The minimum atomic E-state index is -0.515. The Morgan fingerprint density at radius 3 is 2.14 bits per heavy atom. The highest BCUT2D eigenvalue weighted by Crippen LogP contribution is 2.17. The lowest BCUT2D eigenvalue weighted by molar-refractivity contribution is -0.162. The number of esters is 1. The second-order valence-corrected chi connectivity index (χ2v) is 7.23. The van der Waals surface area contributed by atoms with E-state index < -0.39 is 17.2 Å². The quantitative estimate of drug-likeness (QED) is 0.749. The standard InChI is InChI=1S/C15H27NO5/c1-14(2,3)20-12(17)10-19-11-7-8-16(9-11)13(18)21-15(4,5)6/h11H,7-10H2,1-6H3/t11-/m0/s1. The van der Waals surface area contributed by atoms with Crippen molar-refractivity contribution in [2.45, 2.75) is 65.3 Å². The molecule has 0 bridgehead atoms. The van der Waals surface area contributed by atoms with Gasteiger partial charge in [0.05, 0.1) is 12.6 Å². The van der Waals surface area contributed by atoms with E-state index in [1.165, 1.54) is 0 Å². The summed E-state index contributed by atoms with van der Waals surface area (Å²) in [5.41, 5.74) is -1.02. The first-order chi connectivity index (χ1) is 9.46. The largest absolute Gasteiger partial charge is 0.458 e. The number of likely N-dealkylation sites (tertiary alicyclic amines) is 1. The number of nitrogens with zero attached hydrogens (tertiary/aromatic N) is 1. The number of ether oxygens (including phenoxy) is 3. The SMILES string of the molecule is CC(C)(C)OC(=O)CO[C@H]1CCN(C(=O)OC(C)(C)C)C1. The zero-order valence-electron chi connectivity index (χ0n) is 13.9. The van der Waals surface area contributed by atoms with Crippen molar-refractivity contribution < 1.29 is 23.8 Å². The van der Waals surface area contributed by atoms with E-state index in [2.05, 4.69) is 0 Å². The molecule has 1 rings (SSSR count). The molecule has 0 aromatic carbocycles. The second-order valence-electron chi connectivity index (χ2n) is 7.23. The third kappa shape index (κ3) is 7.32. The maximum Gasteiger partial charge on any atom is 0.410 e. The van der Waals surface area contributed by atoms with Crippen LogP contribution in [0.15, 0.2) is 0 Å². The predicted octanol–water partition coefficient (Wildman–Crippen LogP) is 2.35. The van der Waals surface area contributed by atoms with Gasteiger partial charge in [-0.1, -0.05) is 0 Å². The van der Waals surface area contributed by atoms with E-state index in [4.69, 9.17) is 14.2 Å². The molecule has 1 aliphatic heterocycles. The summed E-state index contributed by atoms with van der Waals surface area (Å²) in [6.45, 7) is 11.8. The molecule has 0 saturated carbocycles. The van der Waals surface area contributed by atoms with E-state index in [0.29, 0.717) is 19.5 Å². The molecule has 1 atom stereocenters. The van der Waals surface area contributed by atoms with Crippen LogP contribution < -0.4 is 0 Å². The molecule has 1 amide bonds. The van der Waals surface area contributed by atoms with Gasteiger partial charge >= 0.3 is 12.1 Å². The Kier molecular flexibility index (Phi) is 5.61. The monoisotopic (exact) mass is 301 g/mol. The Hall–Kier alpha value is -1.30. The molecule has 6 nitrogen and oxygen atoms in total. The fourth-order valence-corrected chi connectivity index (χ4v) is 1.91. The summed E-state index contributed by atoms with van der Waals surface area (Å²) in [7, 11) is 0. The molecule has 1 aliphatic rings. The molecule has 21 heavy (non-hydrogen) atoms. The lowest BCUT2D eigenvalue weighted by Crippen LogP contribution is -2.36. The Labute approximate surface area is 126 Å². The van der Waals surface area contributed by atoms with Crippen molar-refractivity contribution >= 4 is 12.1 Å². The lowest BCUT2D eigenvalue weighted by Gasteiger charge is -2.24. The van der Waals surface area contributed by atoms with Crippen molar-refractivity contribution in [2.24, 2.45) is 0 Å². The second kappa shape index (κ2) is 6.64. The van der Waals surface area contributed by atoms with Gasteiger partial charge in [0.1, 0.15) is 17.8 Å². The molecular weight excluding hydrogens is 274 g/mol. The molecule has 0 unspecified atom stereocenters. The average molecular weight is 301 g/mol. The van der Waals surface area contributed by atoms with Crippen LogP contribution in [0.5, 0.6) is 0 Å². The first-order valence-electron chi connectivity index (χ1n) is 7.28. The van der Waals surface area contributed by atoms with Crippen LogP contribution in [0, 0.1) is 0 Å².